The van der Waals surface area contributed by atoms with Gasteiger partial charge in [0.25, 0.3) is 0 Å². The van der Waals surface area contributed by atoms with Crippen LogP contribution in [0, 0.1) is 0 Å². The Morgan fingerprint density at radius 3 is 2.20 bits per heavy atom. The number of benzene rings is 1. The van der Waals surface area contributed by atoms with E-state index in [4.69, 9.17) is 9.47 Å². The predicted octanol–water partition coefficient (Wildman–Crippen LogP) is 2.58. The Morgan fingerprint density at radius 1 is 1.04 bits per heavy atom. The van der Waals surface area contributed by atoms with Gasteiger partial charge >= 0.3 is 18.0 Å². The fraction of sp³-hybridized carbons (Fsp3) is 0.500. The normalized spacial score (nSPS) is 12.0. The quantitative estimate of drug-likeness (QED) is 0.600. The summed E-state index contributed by atoms with van der Waals surface area (Å²) in [5.74, 6) is -1.08. The van der Waals surface area contributed by atoms with Gasteiger partial charge in [-0.15, -0.1) is 0 Å². The Morgan fingerprint density at radius 2 is 1.64 bits per heavy atom. The standard InChI is InChI=1S/C18H25NO6/c1-18(2,3)25-17(22)19-14(10-15(20)23-4)11-16(21)24-12-13-8-6-5-7-9-13/h5-9,14H,10-12H2,1-4H3,(H,19,22). The molecule has 0 bridgehead atoms. The van der Waals surface area contributed by atoms with Crippen LogP contribution in [0.25, 0.3) is 0 Å². The fourth-order valence-electron chi connectivity index (χ4n) is 1.93. The van der Waals surface area contributed by atoms with Gasteiger partial charge in [-0.3, -0.25) is 9.59 Å². The highest BCUT2D eigenvalue weighted by atomic mass is 16.6. The van der Waals surface area contributed by atoms with Crippen LogP contribution in [0.3, 0.4) is 0 Å². The monoisotopic (exact) mass is 351 g/mol. The van der Waals surface area contributed by atoms with E-state index >= 15 is 0 Å². The smallest absolute Gasteiger partial charge is 0.407 e. The van der Waals surface area contributed by atoms with Crippen molar-refractivity contribution in [1.82, 2.24) is 5.32 Å². The second-order valence-corrected chi connectivity index (χ2v) is 6.47. The van der Waals surface area contributed by atoms with Crippen LogP contribution in [-0.2, 0) is 30.4 Å². The number of rotatable bonds is 7. The summed E-state index contributed by atoms with van der Waals surface area (Å²) in [4.78, 5) is 35.3. The summed E-state index contributed by atoms with van der Waals surface area (Å²) in [6.45, 7) is 5.28. The third-order valence-corrected chi connectivity index (χ3v) is 3.02. The molecule has 138 valence electrons. The van der Waals surface area contributed by atoms with Gasteiger partial charge in [0.05, 0.1) is 26.0 Å². The van der Waals surface area contributed by atoms with Crippen molar-refractivity contribution in [3.05, 3.63) is 35.9 Å². The highest BCUT2D eigenvalue weighted by Crippen LogP contribution is 2.10. The maximum absolute atomic E-state index is 12.0. The van der Waals surface area contributed by atoms with E-state index in [1.807, 2.05) is 30.3 Å². The zero-order valence-electron chi connectivity index (χ0n) is 15.0. The van der Waals surface area contributed by atoms with Crippen molar-refractivity contribution >= 4 is 18.0 Å². The van der Waals surface area contributed by atoms with Crippen molar-refractivity contribution < 1.29 is 28.6 Å². The average Bonchev–Trinajstić information content (AvgIpc) is 2.51. The van der Waals surface area contributed by atoms with Gasteiger partial charge in [-0.2, -0.15) is 0 Å². The molecule has 0 aliphatic carbocycles. The molecule has 25 heavy (non-hydrogen) atoms. The molecule has 0 fully saturated rings. The van der Waals surface area contributed by atoms with Gasteiger partial charge in [0.1, 0.15) is 12.2 Å². The number of amides is 1. The van der Waals surface area contributed by atoms with Crippen LogP contribution in [0.5, 0.6) is 0 Å². The zero-order chi connectivity index (χ0) is 18.9. The minimum absolute atomic E-state index is 0.122. The van der Waals surface area contributed by atoms with Gasteiger partial charge in [-0.05, 0) is 26.3 Å². The highest BCUT2D eigenvalue weighted by Gasteiger charge is 2.24. The number of carbonyl (C=O) groups excluding carboxylic acids is 3. The maximum atomic E-state index is 12.0. The molecular weight excluding hydrogens is 326 g/mol. The lowest BCUT2D eigenvalue weighted by molar-refractivity contribution is -0.146. The number of methoxy groups -OCH3 is 1. The lowest BCUT2D eigenvalue weighted by atomic mass is 10.1. The Balaban J connectivity index is 2.58. The summed E-state index contributed by atoms with van der Waals surface area (Å²) >= 11 is 0. The lowest BCUT2D eigenvalue weighted by Crippen LogP contribution is -2.41. The molecule has 7 heteroatoms. The van der Waals surface area contributed by atoms with Gasteiger partial charge in [0, 0.05) is 0 Å². The van der Waals surface area contributed by atoms with Crippen LogP contribution in [0.4, 0.5) is 4.79 Å². The van der Waals surface area contributed by atoms with E-state index in [0.29, 0.717) is 0 Å². The van der Waals surface area contributed by atoms with Crippen molar-refractivity contribution in [3.8, 4) is 0 Å². The Labute approximate surface area is 147 Å². The molecule has 1 N–H and O–H groups in total. The number of hydrogen-bond donors (Lipinski definition) is 1. The van der Waals surface area contributed by atoms with Crippen LogP contribution < -0.4 is 5.32 Å². The first kappa shape index (κ1) is 20.5. The predicted molar refractivity (Wildman–Crippen MR) is 90.6 cm³/mol. The molecule has 1 rings (SSSR count). The number of nitrogens with one attached hydrogen (secondary N) is 1. The van der Waals surface area contributed by atoms with Crippen molar-refractivity contribution in [2.45, 2.75) is 51.9 Å². The summed E-state index contributed by atoms with van der Waals surface area (Å²) < 4.78 is 14.9. The van der Waals surface area contributed by atoms with Gasteiger partial charge in [-0.25, -0.2) is 4.79 Å². The first-order chi connectivity index (χ1) is 11.7. The minimum atomic E-state index is -0.773. The summed E-state index contributed by atoms with van der Waals surface area (Å²) in [7, 11) is 1.24. The molecule has 1 aromatic rings. The van der Waals surface area contributed by atoms with Crippen molar-refractivity contribution in [1.29, 1.82) is 0 Å². The van der Waals surface area contributed by atoms with Crippen LogP contribution in [-0.4, -0.2) is 36.8 Å². The SMILES string of the molecule is COC(=O)CC(CC(=O)OCc1ccccc1)NC(=O)OC(C)(C)C. The molecule has 0 saturated carbocycles. The van der Waals surface area contributed by atoms with Gasteiger partial charge in [0.2, 0.25) is 0 Å². The van der Waals surface area contributed by atoms with E-state index in [9.17, 15) is 14.4 Å². The molecule has 1 aromatic carbocycles. The lowest BCUT2D eigenvalue weighted by Gasteiger charge is -2.23. The number of ether oxygens (including phenoxy) is 3. The van der Waals surface area contributed by atoms with E-state index in [2.05, 4.69) is 10.1 Å². The Hall–Kier alpha value is -2.57. The molecule has 0 aromatic heterocycles. The molecular formula is C18H25NO6. The summed E-state index contributed by atoms with van der Waals surface area (Å²) in [5, 5.41) is 2.51. The Kier molecular flexibility index (Phi) is 7.91. The third-order valence-electron chi connectivity index (χ3n) is 3.02. The van der Waals surface area contributed by atoms with E-state index in [1.54, 1.807) is 20.8 Å². The number of esters is 2. The van der Waals surface area contributed by atoms with Crippen LogP contribution in [0.1, 0.15) is 39.2 Å². The molecule has 0 aliphatic heterocycles. The summed E-state index contributed by atoms with van der Waals surface area (Å²) in [6.07, 6.45) is -1.03. The largest absolute Gasteiger partial charge is 0.469 e. The maximum Gasteiger partial charge on any atom is 0.407 e. The average molecular weight is 351 g/mol. The second-order valence-electron chi connectivity index (χ2n) is 6.47. The van der Waals surface area contributed by atoms with Crippen LogP contribution in [0.2, 0.25) is 0 Å². The number of alkyl carbamates (subject to hydrolysis) is 1. The Bertz CT molecular complexity index is 579. The van der Waals surface area contributed by atoms with Crippen LogP contribution in [0.15, 0.2) is 30.3 Å². The molecule has 1 amide bonds. The number of hydrogen-bond acceptors (Lipinski definition) is 6. The first-order valence-electron chi connectivity index (χ1n) is 7.95. The molecule has 7 nitrogen and oxygen atoms in total. The van der Waals surface area contributed by atoms with E-state index < -0.39 is 29.7 Å². The topological polar surface area (TPSA) is 90.9 Å². The molecule has 0 spiro atoms. The summed E-state index contributed by atoms with van der Waals surface area (Å²) in [6, 6.07) is 8.44. The highest BCUT2D eigenvalue weighted by molar-refractivity contribution is 5.76. The second kappa shape index (κ2) is 9.66. The van der Waals surface area contributed by atoms with Crippen molar-refractivity contribution in [3.63, 3.8) is 0 Å². The zero-order valence-corrected chi connectivity index (χ0v) is 15.0. The third kappa shape index (κ3) is 9.34. The molecule has 0 radical (unpaired) electrons. The molecule has 0 aliphatic rings. The van der Waals surface area contributed by atoms with E-state index in [1.165, 1.54) is 7.11 Å². The number of carbonyl (C=O) groups is 3. The van der Waals surface area contributed by atoms with Gasteiger partial charge < -0.3 is 19.5 Å². The molecule has 0 saturated heterocycles. The summed E-state index contributed by atoms with van der Waals surface area (Å²) in [5.41, 5.74) is 0.161. The molecule has 1 unspecified atom stereocenters. The first-order valence-corrected chi connectivity index (χ1v) is 7.95. The van der Waals surface area contributed by atoms with E-state index in [-0.39, 0.29) is 19.4 Å². The fourth-order valence-corrected chi connectivity index (χ4v) is 1.93. The van der Waals surface area contributed by atoms with Crippen molar-refractivity contribution in [2.75, 3.05) is 7.11 Å². The van der Waals surface area contributed by atoms with Gasteiger partial charge in [-0.1, -0.05) is 30.3 Å². The van der Waals surface area contributed by atoms with Gasteiger partial charge in [0.15, 0.2) is 0 Å². The van der Waals surface area contributed by atoms with Crippen molar-refractivity contribution in [2.24, 2.45) is 0 Å². The minimum Gasteiger partial charge on any atom is -0.469 e. The molecule has 1 atom stereocenters. The molecule has 0 heterocycles. The van der Waals surface area contributed by atoms with E-state index in [0.717, 1.165) is 5.56 Å². The van der Waals surface area contributed by atoms with Crippen LogP contribution >= 0.6 is 0 Å².